The molecule has 5 nitrogen and oxygen atoms in total. The van der Waals surface area contributed by atoms with Gasteiger partial charge in [0.25, 0.3) is 0 Å². The Balaban J connectivity index is 0.00000240. The van der Waals surface area contributed by atoms with Gasteiger partial charge in [-0.25, -0.2) is 0 Å². The molecule has 1 saturated heterocycles. The maximum Gasteiger partial charge on any atom is 0.118 e. The Bertz CT molecular complexity index is 711. The van der Waals surface area contributed by atoms with Gasteiger partial charge in [-0.15, -0.1) is 24.8 Å². The molecular formula is C24H36Cl2N2O3. The van der Waals surface area contributed by atoms with Gasteiger partial charge in [-0.2, -0.15) is 0 Å². The summed E-state index contributed by atoms with van der Waals surface area (Å²) in [6.45, 7) is 7.84. The fraction of sp³-hybridized carbons (Fsp3) is 0.500. The van der Waals surface area contributed by atoms with E-state index in [4.69, 9.17) is 9.47 Å². The molecule has 7 heteroatoms. The summed E-state index contributed by atoms with van der Waals surface area (Å²) in [7, 11) is 1.65. The molecular weight excluding hydrogens is 435 g/mol. The minimum Gasteiger partial charge on any atom is -0.497 e. The topological polar surface area (TPSA) is 45.2 Å². The van der Waals surface area contributed by atoms with Crippen molar-refractivity contribution in [3.63, 3.8) is 0 Å². The first kappa shape index (κ1) is 27.7. The van der Waals surface area contributed by atoms with Crippen molar-refractivity contribution < 1.29 is 14.6 Å². The van der Waals surface area contributed by atoms with Gasteiger partial charge in [0.05, 0.1) is 19.8 Å². The summed E-state index contributed by atoms with van der Waals surface area (Å²) >= 11 is 0. The van der Waals surface area contributed by atoms with E-state index in [-0.39, 0.29) is 31.0 Å². The Hall–Kier alpha value is -1.34. The van der Waals surface area contributed by atoms with Crippen molar-refractivity contribution in [2.24, 2.45) is 0 Å². The van der Waals surface area contributed by atoms with E-state index in [1.165, 1.54) is 5.56 Å². The predicted octanol–water partition coefficient (Wildman–Crippen LogP) is 4.19. The third-order valence-corrected chi connectivity index (χ3v) is 5.73. The van der Waals surface area contributed by atoms with Gasteiger partial charge in [-0.3, -0.25) is 4.90 Å². The molecule has 2 aromatic carbocycles. The maximum atomic E-state index is 10.4. The molecule has 1 aliphatic heterocycles. The van der Waals surface area contributed by atoms with Gasteiger partial charge in [0.15, 0.2) is 0 Å². The molecule has 1 heterocycles. The lowest BCUT2D eigenvalue weighted by atomic mass is 10.1. The third kappa shape index (κ3) is 8.97. The van der Waals surface area contributed by atoms with Crippen molar-refractivity contribution in [2.45, 2.75) is 32.1 Å². The highest BCUT2D eigenvalue weighted by Crippen LogP contribution is 2.21. The first-order chi connectivity index (χ1) is 14.2. The van der Waals surface area contributed by atoms with Gasteiger partial charge >= 0.3 is 0 Å². The van der Waals surface area contributed by atoms with E-state index in [2.05, 4.69) is 41.0 Å². The monoisotopic (exact) mass is 470 g/mol. The first-order valence-corrected chi connectivity index (χ1v) is 10.6. The summed E-state index contributed by atoms with van der Waals surface area (Å²) in [5.41, 5.74) is 2.27. The lowest BCUT2D eigenvalue weighted by molar-refractivity contribution is -0.0647. The molecule has 31 heavy (non-hydrogen) atoms. The van der Waals surface area contributed by atoms with Crippen LogP contribution in [0.4, 0.5) is 0 Å². The van der Waals surface area contributed by atoms with Gasteiger partial charge in [-0.1, -0.05) is 42.5 Å². The molecule has 2 unspecified atom stereocenters. The smallest absolute Gasteiger partial charge is 0.118 e. The summed E-state index contributed by atoms with van der Waals surface area (Å²) in [5, 5.41) is 10.4. The second-order valence-electron chi connectivity index (χ2n) is 7.66. The summed E-state index contributed by atoms with van der Waals surface area (Å²) in [6.07, 6.45) is 1.41. The van der Waals surface area contributed by atoms with E-state index in [1.54, 1.807) is 7.11 Å². The number of aliphatic hydroxyl groups excluding tert-OH is 1. The average Bonchev–Trinajstić information content (AvgIpc) is 2.78. The molecule has 0 saturated carbocycles. The van der Waals surface area contributed by atoms with Crippen LogP contribution in [0.3, 0.4) is 0 Å². The van der Waals surface area contributed by atoms with Crippen molar-refractivity contribution in [1.82, 2.24) is 9.80 Å². The number of hydrogen-bond donors (Lipinski definition) is 1. The molecule has 0 aliphatic carbocycles. The lowest BCUT2D eigenvalue weighted by Crippen LogP contribution is -2.50. The molecule has 1 fully saturated rings. The van der Waals surface area contributed by atoms with Crippen LogP contribution in [0.25, 0.3) is 0 Å². The van der Waals surface area contributed by atoms with E-state index in [1.807, 2.05) is 30.3 Å². The van der Waals surface area contributed by atoms with Crippen molar-refractivity contribution in [2.75, 3.05) is 46.4 Å². The summed E-state index contributed by atoms with van der Waals surface area (Å²) in [6, 6.07) is 18.2. The minimum atomic E-state index is -0.431. The molecule has 174 valence electrons. The highest BCUT2D eigenvalue weighted by Gasteiger charge is 2.22. The van der Waals surface area contributed by atoms with Gasteiger partial charge in [0.2, 0.25) is 0 Å². The zero-order chi connectivity index (χ0) is 20.5. The molecule has 2 aromatic rings. The van der Waals surface area contributed by atoms with E-state index in [0.717, 1.165) is 63.5 Å². The molecule has 0 bridgehead atoms. The number of rotatable bonds is 10. The van der Waals surface area contributed by atoms with Crippen LogP contribution in [0.5, 0.6) is 5.75 Å². The van der Waals surface area contributed by atoms with Crippen molar-refractivity contribution in [3.05, 3.63) is 65.7 Å². The quantitative estimate of drug-likeness (QED) is 0.563. The number of ether oxygens (including phenoxy) is 2. The van der Waals surface area contributed by atoms with Crippen molar-refractivity contribution in [1.29, 1.82) is 0 Å². The second-order valence-corrected chi connectivity index (χ2v) is 7.66. The Labute approximate surface area is 199 Å². The van der Waals surface area contributed by atoms with Crippen molar-refractivity contribution in [3.8, 4) is 5.75 Å². The zero-order valence-electron chi connectivity index (χ0n) is 18.5. The molecule has 2 atom stereocenters. The van der Waals surface area contributed by atoms with Crippen LogP contribution in [-0.4, -0.2) is 67.6 Å². The molecule has 3 rings (SSSR count). The van der Waals surface area contributed by atoms with Crippen LogP contribution in [0.1, 0.15) is 30.6 Å². The van der Waals surface area contributed by atoms with Crippen LogP contribution >= 0.6 is 24.8 Å². The lowest BCUT2D eigenvalue weighted by Gasteiger charge is -2.38. The van der Waals surface area contributed by atoms with Gasteiger partial charge in [0, 0.05) is 32.7 Å². The molecule has 0 aromatic heterocycles. The molecule has 1 N–H and O–H groups in total. The Morgan fingerprint density at radius 2 is 1.58 bits per heavy atom. The number of nitrogens with zero attached hydrogens (tertiary/aromatic N) is 2. The van der Waals surface area contributed by atoms with E-state index in [9.17, 15) is 5.11 Å². The Kier molecular flexibility index (Phi) is 13.1. The number of methoxy groups -OCH3 is 1. The fourth-order valence-electron chi connectivity index (χ4n) is 3.75. The fourth-order valence-corrected chi connectivity index (χ4v) is 3.75. The molecule has 0 spiro atoms. The van der Waals surface area contributed by atoms with Gasteiger partial charge < -0.3 is 19.5 Å². The SMILES string of the molecule is COc1ccc(C(O)CCN2CCN(C(C)OCCc3ccccc3)CC2)cc1.Cl.Cl. The molecule has 0 amide bonds. The molecule has 1 aliphatic rings. The summed E-state index contributed by atoms with van der Waals surface area (Å²) in [4.78, 5) is 4.83. The van der Waals surface area contributed by atoms with Gasteiger partial charge in [0.1, 0.15) is 12.0 Å². The van der Waals surface area contributed by atoms with E-state index in [0.29, 0.717) is 0 Å². The Morgan fingerprint density at radius 3 is 2.19 bits per heavy atom. The van der Waals surface area contributed by atoms with Crippen LogP contribution in [-0.2, 0) is 11.2 Å². The second kappa shape index (κ2) is 14.7. The standard InChI is InChI=1S/C24H34N2O3.2ClH/c1-20(29-19-13-21-6-4-3-5-7-21)26-17-15-25(16-18-26)14-12-24(27)22-8-10-23(28-2)11-9-22;;/h3-11,20,24,27H,12-19H2,1-2H3;2*1H. The number of piperazine rings is 1. The maximum absolute atomic E-state index is 10.4. The number of halogens is 2. The highest BCUT2D eigenvalue weighted by molar-refractivity contribution is 5.85. The third-order valence-electron chi connectivity index (χ3n) is 5.73. The molecule has 0 radical (unpaired) electrons. The average molecular weight is 471 g/mol. The van der Waals surface area contributed by atoms with E-state index < -0.39 is 6.10 Å². The summed E-state index contributed by atoms with van der Waals surface area (Å²) in [5.74, 6) is 0.817. The van der Waals surface area contributed by atoms with Crippen LogP contribution in [0, 0.1) is 0 Å². The van der Waals surface area contributed by atoms with E-state index >= 15 is 0 Å². The number of hydrogen-bond acceptors (Lipinski definition) is 5. The van der Waals surface area contributed by atoms with Crippen LogP contribution < -0.4 is 4.74 Å². The Morgan fingerprint density at radius 1 is 0.935 bits per heavy atom. The number of aliphatic hydroxyl groups is 1. The largest absolute Gasteiger partial charge is 0.497 e. The minimum absolute atomic E-state index is 0. The summed E-state index contributed by atoms with van der Waals surface area (Å²) < 4.78 is 11.2. The highest BCUT2D eigenvalue weighted by atomic mass is 35.5. The van der Waals surface area contributed by atoms with Crippen LogP contribution in [0.2, 0.25) is 0 Å². The normalized spacial score (nSPS) is 16.6. The van der Waals surface area contributed by atoms with Gasteiger partial charge in [-0.05, 0) is 43.0 Å². The number of benzene rings is 2. The first-order valence-electron chi connectivity index (χ1n) is 10.6. The predicted molar refractivity (Wildman–Crippen MR) is 131 cm³/mol. The zero-order valence-corrected chi connectivity index (χ0v) is 20.1. The van der Waals surface area contributed by atoms with Crippen LogP contribution in [0.15, 0.2) is 54.6 Å². The van der Waals surface area contributed by atoms with Crippen molar-refractivity contribution >= 4 is 24.8 Å².